The molecule has 1 saturated heterocycles. The normalized spacial score (nSPS) is 15.9. The summed E-state index contributed by atoms with van der Waals surface area (Å²) in [6.07, 6.45) is 4.00. The van der Waals surface area contributed by atoms with Gasteiger partial charge in [0, 0.05) is 16.3 Å². The van der Waals surface area contributed by atoms with Gasteiger partial charge in [0.05, 0.1) is 24.8 Å². The second kappa shape index (κ2) is 15.4. The topological polar surface area (TPSA) is 102 Å². The molecule has 1 N–H and O–H groups in total. The van der Waals surface area contributed by atoms with Crippen molar-refractivity contribution >= 4 is 57.3 Å². The fourth-order valence-electron chi connectivity index (χ4n) is 4.80. The van der Waals surface area contributed by atoms with E-state index >= 15 is 0 Å². The average Bonchev–Trinajstić information content (AvgIpc) is 3.63. The van der Waals surface area contributed by atoms with Crippen LogP contribution in [0.2, 0.25) is 5.02 Å². The van der Waals surface area contributed by atoms with E-state index in [-0.39, 0.29) is 16.5 Å². The molecule has 3 aromatic carbocycles. The van der Waals surface area contributed by atoms with Gasteiger partial charge in [-0.3, -0.25) is 14.5 Å². The average molecular weight is 664 g/mol. The zero-order valence-corrected chi connectivity index (χ0v) is 27.5. The Morgan fingerprint density at radius 1 is 0.889 bits per heavy atom. The number of carbonyl (C=O) groups excluding carboxylic acids is 2. The van der Waals surface area contributed by atoms with Crippen LogP contribution in [0.5, 0.6) is 11.5 Å². The molecule has 0 radical (unpaired) electrons. The van der Waals surface area contributed by atoms with Gasteiger partial charge >= 0.3 is 5.91 Å². The molecular formula is C34H34ClN3O5S2. The maximum Gasteiger partial charge on any atom is 0.301 e. The summed E-state index contributed by atoms with van der Waals surface area (Å²) in [7, 11) is 0. The minimum Gasteiger partial charge on any atom is -0.507 e. The lowest BCUT2D eigenvalue weighted by atomic mass is 9.95. The Morgan fingerprint density at radius 2 is 1.56 bits per heavy atom. The van der Waals surface area contributed by atoms with Crippen molar-refractivity contribution in [2.24, 2.45) is 0 Å². The van der Waals surface area contributed by atoms with E-state index in [1.54, 1.807) is 24.3 Å². The molecule has 4 aromatic rings. The van der Waals surface area contributed by atoms with Crippen LogP contribution in [0.1, 0.15) is 62.3 Å². The number of Topliss-reactive ketones (excluding diaryl/α,β-unsaturated/α-hetero) is 1. The third-order valence-corrected chi connectivity index (χ3v) is 9.51. The molecule has 0 bridgehead atoms. The number of aliphatic hydroxyl groups is 1. The SMILES string of the molecule is CCCCCOc1ccc(C2/C(=C(/O)c3ccc(OCCC)cc3)C(=O)C(=O)N2c2nnc(SCc3ccc(Cl)cc3)s2)cc1. The van der Waals surface area contributed by atoms with Crippen LogP contribution in [0.3, 0.4) is 0 Å². The smallest absolute Gasteiger partial charge is 0.301 e. The Bertz CT molecular complexity index is 1640. The number of nitrogens with zero attached hydrogens (tertiary/aromatic N) is 3. The van der Waals surface area contributed by atoms with Crippen LogP contribution in [0.15, 0.2) is 82.7 Å². The van der Waals surface area contributed by atoms with Crippen LogP contribution < -0.4 is 14.4 Å². The van der Waals surface area contributed by atoms with Gasteiger partial charge in [-0.2, -0.15) is 0 Å². The van der Waals surface area contributed by atoms with Gasteiger partial charge in [0.2, 0.25) is 5.13 Å². The molecule has 1 amide bonds. The molecule has 1 unspecified atom stereocenters. The molecule has 11 heteroatoms. The molecule has 0 aliphatic carbocycles. The molecule has 0 saturated carbocycles. The monoisotopic (exact) mass is 663 g/mol. The number of benzene rings is 3. The number of amides is 1. The van der Waals surface area contributed by atoms with Crippen LogP contribution >= 0.6 is 34.7 Å². The van der Waals surface area contributed by atoms with E-state index < -0.39 is 17.7 Å². The van der Waals surface area contributed by atoms with Crippen LogP contribution in [-0.2, 0) is 15.3 Å². The summed E-state index contributed by atoms with van der Waals surface area (Å²) in [6, 6.07) is 20.7. The standard InChI is InChI=1S/C34H34ClN3O5S2/c1-3-5-6-20-43-27-15-9-23(10-16-27)29-28(30(39)24-11-17-26(18-12-24)42-19-4-2)31(40)32(41)38(29)33-36-37-34(45-33)44-21-22-7-13-25(35)14-8-22/h7-18,29,39H,3-6,19-21H2,1-2H3/b30-28-. The summed E-state index contributed by atoms with van der Waals surface area (Å²) >= 11 is 8.70. The van der Waals surface area contributed by atoms with Crippen LogP contribution in [0, 0.1) is 0 Å². The fraction of sp³-hybridized carbons (Fsp3) is 0.294. The number of thioether (sulfide) groups is 1. The summed E-state index contributed by atoms with van der Waals surface area (Å²) in [5.41, 5.74) is 2.06. The Kier molecular flexibility index (Phi) is 11.2. The number of ketones is 1. The predicted molar refractivity (Wildman–Crippen MR) is 179 cm³/mol. The molecular weight excluding hydrogens is 630 g/mol. The van der Waals surface area contributed by atoms with Crippen molar-refractivity contribution < 1.29 is 24.2 Å². The van der Waals surface area contributed by atoms with Gasteiger partial charge in [-0.1, -0.05) is 85.7 Å². The largest absolute Gasteiger partial charge is 0.507 e. The van der Waals surface area contributed by atoms with Crippen LogP contribution in [0.25, 0.3) is 5.76 Å². The van der Waals surface area contributed by atoms with E-state index in [1.807, 2.05) is 55.5 Å². The summed E-state index contributed by atoms with van der Waals surface area (Å²) in [4.78, 5) is 28.5. The van der Waals surface area contributed by atoms with Gasteiger partial charge in [0.25, 0.3) is 5.78 Å². The molecule has 1 atom stereocenters. The molecule has 45 heavy (non-hydrogen) atoms. The first-order valence-corrected chi connectivity index (χ1v) is 17.0. The first-order valence-electron chi connectivity index (χ1n) is 14.9. The molecule has 234 valence electrons. The molecule has 5 rings (SSSR count). The van der Waals surface area contributed by atoms with Gasteiger partial charge < -0.3 is 14.6 Å². The molecule has 1 aliphatic heterocycles. The number of hydrogen-bond acceptors (Lipinski definition) is 9. The maximum absolute atomic E-state index is 13.6. The van der Waals surface area contributed by atoms with Crippen molar-refractivity contribution in [2.75, 3.05) is 18.1 Å². The van der Waals surface area contributed by atoms with Crippen molar-refractivity contribution in [1.29, 1.82) is 0 Å². The van der Waals surface area contributed by atoms with E-state index in [0.717, 1.165) is 31.2 Å². The number of ether oxygens (including phenoxy) is 2. The number of aromatic nitrogens is 2. The van der Waals surface area contributed by atoms with Crippen LogP contribution in [0.4, 0.5) is 5.13 Å². The van der Waals surface area contributed by atoms with Gasteiger partial charge in [0.15, 0.2) is 4.34 Å². The minimum atomic E-state index is -0.919. The Balaban J connectivity index is 1.47. The quantitative estimate of drug-likeness (QED) is 0.0358. The van der Waals surface area contributed by atoms with Gasteiger partial charge in [-0.15, -0.1) is 10.2 Å². The predicted octanol–water partition coefficient (Wildman–Crippen LogP) is 8.47. The third-order valence-electron chi connectivity index (χ3n) is 7.13. The van der Waals surface area contributed by atoms with Gasteiger partial charge in [-0.25, -0.2) is 0 Å². The van der Waals surface area contributed by atoms with Gasteiger partial charge in [0.1, 0.15) is 17.3 Å². The number of rotatable bonds is 14. The summed E-state index contributed by atoms with van der Waals surface area (Å²) in [6.45, 7) is 5.32. The third kappa shape index (κ3) is 7.87. The van der Waals surface area contributed by atoms with E-state index in [1.165, 1.54) is 28.0 Å². The number of halogens is 1. The minimum absolute atomic E-state index is 0.0237. The zero-order valence-electron chi connectivity index (χ0n) is 25.1. The maximum atomic E-state index is 13.6. The fourth-order valence-corrected chi connectivity index (χ4v) is 6.75. The lowest BCUT2D eigenvalue weighted by Gasteiger charge is -2.22. The number of aliphatic hydroxyl groups excluding tert-OH is 1. The highest BCUT2D eigenvalue weighted by molar-refractivity contribution is 8.00. The Hall–Kier alpha value is -3.86. The second-order valence-corrected chi connectivity index (χ2v) is 13.0. The van der Waals surface area contributed by atoms with Crippen molar-refractivity contribution in [3.63, 3.8) is 0 Å². The van der Waals surface area contributed by atoms with E-state index in [0.29, 0.717) is 51.0 Å². The van der Waals surface area contributed by atoms with Crippen molar-refractivity contribution in [2.45, 2.75) is 55.7 Å². The van der Waals surface area contributed by atoms with Crippen molar-refractivity contribution in [1.82, 2.24) is 10.2 Å². The summed E-state index contributed by atoms with van der Waals surface area (Å²) in [5, 5.41) is 21.0. The molecule has 2 heterocycles. The summed E-state index contributed by atoms with van der Waals surface area (Å²) in [5.74, 6) is 0.114. The highest BCUT2D eigenvalue weighted by Gasteiger charge is 2.48. The lowest BCUT2D eigenvalue weighted by molar-refractivity contribution is -0.132. The zero-order chi connectivity index (χ0) is 31.8. The number of carbonyl (C=O) groups is 2. The molecule has 0 spiro atoms. The number of unbranched alkanes of at least 4 members (excludes halogenated alkanes) is 2. The van der Waals surface area contributed by atoms with E-state index in [9.17, 15) is 14.7 Å². The van der Waals surface area contributed by atoms with Crippen molar-refractivity contribution in [3.05, 3.63) is 100 Å². The first-order chi connectivity index (χ1) is 21.9. The van der Waals surface area contributed by atoms with Crippen LogP contribution in [-0.4, -0.2) is 40.2 Å². The first kappa shape index (κ1) is 32.5. The Morgan fingerprint density at radius 3 is 2.22 bits per heavy atom. The molecule has 1 aliphatic rings. The number of anilines is 1. The highest BCUT2D eigenvalue weighted by Crippen LogP contribution is 2.44. The lowest BCUT2D eigenvalue weighted by Crippen LogP contribution is -2.29. The summed E-state index contributed by atoms with van der Waals surface area (Å²) < 4.78 is 12.2. The highest BCUT2D eigenvalue weighted by atomic mass is 35.5. The Labute approximate surface area is 276 Å². The van der Waals surface area contributed by atoms with E-state index in [2.05, 4.69) is 17.1 Å². The molecule has 1 aromatic heterocycles. The van der Waals surface area contributed by atoms with E-state index in [4.69, 9.17) is 21.1 Å². The number of hydrogen-bond donors (Lipinski definition) is 1. The molecule has 1 fully saturated rings. The van der Waals surface area contributed by atoms with Crippen molar-refractivity contribution in [3.8, 4) is 11.5 Å². The van der Waals surface area contributed by atoms with Gasteiger partial charge in [-0.05, 0) is 72.5 Å². The second-order valence-electron chi connectivity index (χ2n) is 10.4. The molecule has 8 nitrogen and oxygen atoms in total.